The maximum absolute atomic E-state index is 14.5. The molecule has 2 atom stereocenters. The number of amides is 4. The smallest absolute Gasteiger partial charge is 0.417 e. The number of oxazole rings is 1. The van der Waals surface area contributed by atoms with Gasteiger partial charge in [0.15, 0.2) is 28.9 Å². The van der Waals surface area contributed by atoms with Crippen LogP contribution in [0.1, 0.15) is 98.1 Å². The van der Waals surface area contributed by atoms with Gasteiger partial charge in [-0.05, 0) is 170 Å². The zero-order valence-corrected chi connectivity index (χ0v) is 71.2. The van der Waals surface area contributed by atoms with Crippen molar-refractivity contribution in [1.82, 2.24) is 24.0 Å². The molecule has 1 aromatic heterocycles. The van der Waals surface area contributed by atoms with Gasteiger partial charge in [-0.1, -0.05) is 63.2 Å². The molecule has 23 nitrogen and oxygen atoms in total. The molecule has 3 fully saturated rings. The summed E-state index contributed by atoms with van der Waals surface area (Å²) in [5.74, 6) is -2.51. The second-order valence-electron chi connectivity index (χ2n) is 29.6. The van der Waals surface area contributed by atoms with Crippen molar-refractivity contribution in [1.29, 1.82) is 0 Å². The summed E-state index contributed by atoms with van der Waals surface area (Å²) in [5.41, 5.74) is 11.1. The number of nitrogens with zero attached hydrogens (tertiary/aromatic N) is 10. The van der Waals surface area contributed by atoms with Crippen LogP contribution in [-0.2, 0) is 48.6 Å². The lowest BCUT2D eigenvalue weighted by molar-refractivity contribution is -0.370. The van der Waals surface area contributed by atoms with Gasteiger partial charge in [-0.25, -0.2) is 31.4 Å². The molecular weight excluding hydrogens is 1680 g/mol. The predicted octanol–water partition coefficient (Wildman–Crippen LogP) is 16.5. The largest absolute Gasteiger partial charge is 0.497 e. The Bertz CT molecular complexity index is 6010. The first kappa shape index (κ1) is 91.1. The fourth-order valence-electron chi connectivity index (χ4n) is 15.3. The number of carbonyl (C=O) groups excluding carboxylic acids is 4. The van der Waals surface area contributed by atoms with Crippen LogP contribution in [0, 0.1) is 43.8 Å². The van der Waals surface area contributed by atoms with Crippen LogP contribution in [0.15, 0.2) is 190 Å². The molecule has 2 N–H and O–H groups in total. The number of fused-ring (bicyclic) bond motifs is 3. The molecule has 3 saturated heterocycles. The van der Waals surface area contributed by atoms with Crippen molar-refractivity contribution < 1.29 is 98.1 Å². The fourth-order valence-corrected chi connectivity index (χ4v) is 19.7. The highest BCUT2D eigenvalue weighted by molar-refractivity contribution is 8.01. The lowest BCUT2D eigenvalue weighted by atomic mass is 10.0. The van der Waals surface area contributed by atoms with E-state index in [0.29, 0.717) is 95.5 Å². The van der Waals surface area contributed by atoms with E-state index in [9.17, 15) is 75.5 Å². The Hall–Kier alpha value is -12.1. The van der Waals surface area contributed by atoms with Gasteiger partial charge in [-0.2, -0.15) is 39.1 Å². The molecular formula is C89H89F9N11O12S3+. The summed E-state index contributed by atoms with van der Waals surface area (Å²) in [4.78, 5) is 69.5. The Morgan fingerprint density at radius 2 is 1.23 bits per heavy atom. The lowest BCUT2D eigenvalue weighted by Gasteiger charge is -2.37. The number of sulfonamides is 2. The number of alkyl halides is 6. The molecule has 1 spiro atoms. The molecule has 0 saturated carbocycles. The van der Waals surface area contributed by atoms with E-state index in [1.807, 2.05) is 79.1 Å². The van der Waals surface area contributed by atoms with E-state index < -0.39 is 94.7 Å². The Balaban J connectivity index is 0.000000154. The molecule has 5 aliphatic heterocycles. The first-order chi connectivity index (χ1) is 59.0. The maximum atomic E-state index is 14.5. The van der Waals surface area contributed by atoms with Crippen molar-refractivity contribution in [3.63, 3.8) is 0 Å². The number of methoxy groups -OCH3 is 3. The number of aromatic nitrogens is 1. The number of carbonyl (C=O) groups is 4. The molecule has 9 aromatic carbocycles. The molecule has 2 unspecified atom stereocenters. The molecule has 10 aromatic rings. The average molecular weight is 1770 g/mol. The summed E-state index contributed by atoms with van der Waals surface area (Å²) >= 11 is 1.37. The van der Waals surface area contributed by atoms with Gasteiger partial charge in [0.25, 0.3) is 23.6 Å². The molecule has 6 heterocycles. The summed E-state index contributed by atoms with van der Waals surface area (Å²) in [6, 6.07) is 43.2. The zero-order chi connectivity index (χ0) is 89.5. The molecule has 35 heteroatoms. The van der Waals surface area contributed by atoms with Crippen molar-refractivity contribution in [3.05, 3.63) is 255 Å². The highest BCUT2D eigenvalue weighted by atomic mass is 32.2. The van der Waals surface area contributed by atoms with Gasteiger partial charge < -0.3 is 53.8 Å². The van der Waals surface area contributed by atoms with Gasteiger partial charge in [-0.3, -0.25) is 19.2 Å². The Labute approximate surface area is 715 Å². The second-order valence-corrected chi connectivity index (χ2v) is 34.7. The SMILES string of the molecule is CCN(CC)S(=O)(=O)c1ccc(OC)c(N2CCN(C(=O)c3ccc(F)cc3C(F)(F)F)CC2)c1.COc1ccc(S(=O)(=O)[N+]2=CC(C)CCC2)cc1N1CCN(C(=O)c2ccc(F)cc2C(F)(F)F)CC1.Cc1ccc2oc(-c3ccc(N)c(C)c3)nc2c1.[C-]#[N+]c1cccc(CN2C(=O)C3(SCCN3C(=O)c3ccccc3F)c3cc(OC)ccc32)c1. The van der Waals surface area contributed by atoms with Crippen LogP contribution >= 0.6 is 11.8 Å². The van der Waals surface area contributed by atoms with E-state index >= 15 is 0 Å². The Kier molecular flexibility index (Phi) is 27.9. The van der Waals surface area contributed by atoms with Crippen molar-refractivity contribution in [2.45, 2.75) is 81.0 Å². The zero-order valence-electron chi connectivity index (χ0n) is 68.8. The van der Waals surface area contributed by atoms with E-state index in [0.717, 1.165) is 70.6 Å². The average Bonchev–Trinajstić information content (AvgIpc) is 1.54. The topological polar surface area (TPSA) is 246 Å². The minimum absolute atomic E-state index is 0.0650. The number of rotatable bonds is 17. The molecule has 5 aliphatic rings. The van der Waals surface area contributed by atoms with Crippen LogP contribution in [-0.4, -0.2) is 180 Å². The van der Waals surface area contributed by atoms with E-state index in [1.165, 1.54) is 97.0 Å². The number of halogens is 9. The van der Waals surface area contributed by atoms with Crippen LogP contribution in [0.3, 0.4) is 0 Å². The summed E-state index contributed by atoms with van der Waals surface area (Å²) < 4.78 is 199. The molecule has 652 valence electrons. The van der Waals surface area contributed by atoms with Crippen molar-refractivity contribution in [2.75, 3.05) is 126 Å². The number of nitrogens with two attached hydrogens (primary N) is 1. The number of hydrogen-bond donors (Lipinski definition) is 1. The van der Waals surface area contributed by atoms with Gasteiger partial charge in [0.2, 0.25) is 15.9 Å². The maximum Gasteiger partial charge on any atom is 0.417 e. The number of hydrogen-bond acceptors (Lipinski definition) is 17. The van der Waals surface area contributed by atoms with Gasteiger partial charge in [-0.15, -0.1) is 15.7 Å². The first-order valence-corrected chi connectivity index (χ1v) is 43.3. The summed E-state index contributed by atoms with van der Waals surface area (Å²) in [7, 11) is -3.04. The fraction of sp³-hybridized carbons (Fsp3) is 0.315. The van der Waals surface area contributed by atoms with Crippen molar-refractivity contribution >= 4 is 101 Å². The van der Waals surface area contributed by atoms with Crippen LogP contribution in [0.5, 0.6) is 17.2 Å². The standard InChI is InChI=1S/C26H20FN3O3S.C25H28F4N3O4S.C23H27F4N3O4S.C15H14N2O/c1-28-18-7-5-6-17(14-18)16-29-23-11-10-19(33-2)15-21(23)26(25(29)32)30(12-13-34-26)24(31)20-8-3-4-9-22(20)27;1-17-4-3-9-32(16-17)37(34,35)19-6-8-23(36-2)22(15-19)30-10-12-31(13-11-30)24(33)20-7-5-18(26)14-21(20)25(27,28)29;1-4-30(5-2)35(32,33)17-7-9-21(34-3)20(15-17)28-10-12-29(13-11-28)22(31)18-8-6-16(24)14-19(18)23(25,26)27;1-9-3-6-14-13(7-9)17-15(18-14)11-4-5-12(16)10(2)8-11/h3-11,14-15H,12-13,16H2,2H3;5-8,14-17H,3-4,9-13H2,1-2H3;6-9,14-15H,4-5,10-13H2,1-3H3;3-8H,16H2,1-2H3/q;+1;;. The third-order valence-electron chi connectivity index (χ3n) is 21.7. The monoisotopic (exact) mass is 1770 g/mol. The van der Waals surface area contributed by atoms with E-state index in [-0.39, 0.29) is 86.1 Å². The van der Waals surface area contributed by atoms with Crippen molar-refractivity contribution in [3.8, 4) is 28.7 Å². The number of aryl methyl sites for hydroxylation is 2. The summed E-state index contributed by atoms with van der Waals surface area (Å²) in [6.45, 7) is 19.6. The third kappa shape index (κ3) is 19.4. The van der Waals surface area contributed by atoms with Crippen molar-refractivity contribution in [2.24, 2.45) is 5.92 Å². The second kappa shape index (κ2) is 37.9. The van der Waals surface area contributed by atoms with E-state index in [1.54, 1.807) is 80.6 Å². The first-order valence-electron chi connectivity index (χ1n) is 39.4. The van der Waals surface area contributed by atoms with Crippen LogP contribution in [0.4, 0.5) is 68.0 Å². The normalized spacial score (nSPS) is 16.6. The molecule has 4 amide bonds. The quantitative estimate of drug-likeness (QED) is 0.0385. The number of anilines is 4. The van der Waals surface area contributed by atoms with E-state index in [2.05, 4.69) is 9.83 Å². The highest BCUT2D eigenvalue weighted by Gasteiger charge is 2.60. The third-order valence-corrected chi connectivity index (χ3v) is 27.0. The number of nitrogen functional groups attached to an aromatic ring is 1. The number of ether oxygens (including phenoxy) is 3. The minimum Gasteiger partial charge on any atom is -0.497 e. The summed E-state index contributed by atoms with van der Waals surface area (Å²) in [6.07, 6.45) is -6.35. The minimum atomic E-state index is -4.88. The Morgan fingerprint density at radius 1 is 0.645 bits per heavy atom. The highest BCUT2D eigenvalue weighted by Crippen LogP contribution is 2.56. The molecule has 0 radical (unpaired) electrons. The van der Waals surface area contributed by atoms with Gasteiger partial charge in [0.1, 0.15) is 45.1 Å². The summed E-state index contributed by atoms with van der Waals surface area (Å²) in [5, 5.41) is 0. The molecule has 0 bridgehead atoms. The predicted molar refractivity (Wildman–Crippen MR) is 454 cm³/mol. The van der Waals surface area contributed by atoms with Crippen LogP contribution < -0.4 is 34.6 Å². The van der Waals surface area contributed by atoms with Gasteiger partial charge in [0.05, 0.1) is 77.7 Å². The van der Waals surface area contributed by atoms with Gasteiger partial charge >= 0.3 is 22.4 Å². The van der Waals surface area contributed by atoms with Crippen LogP contribution in [0.25, 0.3) is 27.4 Å². The molecule has 0 aliphatic carbocycles. The Morgan fingerprint density at radius 3 is 1.78 bits per heavy atom. The molecule has 124 heavy (non-hydrogen) atoms. The van der Waals surface area contributed by atoms with Gasteiger partial charge in [0, 0.05) is 113 Å². The van der Waals surface area contributed by atoms with Crippen LogP contribution in [0.2, 0.25) is 0 Å². The lowest BCUT2D eigenvalue weighted by Crippen LogP contribution is -2.50. The van der Waals surface area contributed by atoms with E-state index in [4.69, 9.17) is 30.9 Å². The number of benzene rings is 9. The number of thioether (sulfide) groups is 1. The molecule has 15 rings (SSSR count). The number of piperazine rings is 2.